The van der Waals surface area contributed by atoms with Crippen LogP contribution in [0.4, 0.5) is 11.4 Å². The molecular formula is C16H25N3O2. The van der Waals surface area contributed by atoms with Crippen LogP contribution in [0.5, 0.6) is 5.75 Å². The van der Waals surface area contributed by atoms with Crippen molar-refractivity contribution in [3.63, 3.8) is 0 Å². The van der Waals surface area contributed by atoms with Gasteiger partial charge in [0.05, 0.1) is 19.3 Å². The Morgan fingerprint density at radius 2 is 2.29 bits per heavy atom. The third-order valence-corrected chi connectivity index (χ3v) is 4.12. The largest absolute Gasteiger partial charge is 0.495 e. The third kappa shape index (κ3) is 4.11. The van der Waals surface area contributed by atoms with Crippen molar-refractivity contribution in [1.82, 2.24) is 4.90 Å². The smallest absolute Gasteiger partial charge is 0.238 e. The number of carbonyl (C=O) groups is 1. The Balaban J connectivity index is 1.92. The van der Waals surface area contributed by atoms with Crippen molar-refractivity contribution in [2.24, 2.45) is 11.8 Å². The first-order valence-electron chi connectivity index (χ1n) is 7.45. The summed E-state index contributed by atoms with van der Waals surface area (Å²) in [5, 5.41) is 2.89. The van der Waals surface area contributed by atoms with E-state index in [0.29, 0.717) is 35.5 Å². The molecular weight excluding hydrogens is 266 g/mol. The summed E-state index contributed by atoms with van der Waals surface area (Å²) in [6.07, 6.45) is 1.17. The van der Waals surface area contributed by atoms with Gasteiger partial charge in [-0.05, 0) is 43.0 Å². The standard InChI is InChI=1S/C16H25N3O2/c1-11(2)12-6-7-19(9-12)10-16(20)18-14-8-13(17)4-5-15(14)21-3/h4-5,8,11-12H,6-7,9-10,17H2,1-3H3,(H,18,20). The number of anilines is 2. The highest BCUT2D eigenvalue weighted by Crippen LogP contribution is 2.27. The van der Waals surface area contributed by atoms with Crippen LogP contribution in [0.15, 0.2) is 18.2 Å². The van der Waals surface area contributed by atoms with Crippen molar-refractivity contribution >= 4 is 17.3 Å². The fourth-order valence-electron chi connectivity index (χ4n) is 2.77. The number of nitrogen functional groups attached to an aromatic ring is 1. The topological polar surface area (TPSA) is 67.6 Å². The molecule has 1 aliphatic heterocycles. The normalized spacial score (nSPS) is 19.0. The molecule has 2 rings (SSSR count). The molecule has 0 aliphatic carbocycles. The number of nitrogens with zero attached hydrogens (tertiary/aromatic N) is 1. The van der Waals surface area contributed by atoms with E-state index in [0.717, 1.165) is 13.1 Å². The molecule has 116 valence electrons. The quantitative estimate of drug-likeness (QED) is 0.816. The Morgan fingerprint density at radius 3 is 2.90 bits per heavy atom. The Morgan fingerprint density at radius 1 is 1.52 bits per heavy atom. The van der Waals surface area contributed by atoms with Crippen molar-refractivity contribution in [3.8, 4) is 5.75 Å². The van der Waals surface area contributed by atoms with Gasteiger partial charge < -0.3 is 15.8 Å². The number of rotatable bonds is 5. The summed E-state index contributed by atoms with van der Waals surface area (Å²) in [7, 11) is 1.58. The van der Waals surface area contributed by atoms with E-state index in [1.54, 1.807) is 25.3 Å². The van der Waals surface area contributed by atoms with E-state index < -0.39 is 0 Å². The van der Waals surface area contributed by atoms with Crippen LogP contribution in [-0.2, 0) is 4.79 Å². The predicted octanol–water partition coefficient (Wildman–Crippen LogP) is 2.19. The van der Waals surface area contributed by atoms with Crippen LogP contribution in [0.2, 0.25) is 0 Å². The highest BCUT2D eigenvalue weighted by atomic mass is 16.5. The first-order valence-corrected chi connectivity index (χ1v) is 7.45. The molecule has 1 saturated heterocycles. The van der Waals surface area contributed by atoms with Gasteiger partial charge in [0.15, 0.2) is 0 Å². The molecule has 5 heteroatoms. The molecule has 0 bridgehead atoms. The van der Waals surface area contributed by atoms with Crippen molar-refractivity contribution < 1.29 is 9.53 Å². The van der Waals surface area contributed by atoms with Crippen LogP contribution in [0, 0.1) is 11.8 Å². The summed E-state index contributed by atoms with van der Waals surface area (Å²) >= 11 is 0. The molecule has 1 aromatic rings. The maximum Gasteiger partial charge on any atom is 0.238 e. The molecule has 1 fully saturated rings. The molecule has 5 nitrogen and oxygen atoms in total. The van der Waals surface area contributed by atoms with Crippen LogP contribution in [0.25, 0.3) is 0 Å². The molecule has 1 atom stereocenters. The SMILES string of the molecule is COc1ccc(N)cc1NC(=O)CN1CCC(C(C)C)C1. The second kappa shape index (κ2) is 6.80. The average molecular weight is 291 g/mol. The van der Waals surface area contributed by atoms with E-state index in [1.165, 1.54) is 6.42 Å². The van der Waals surface area contributed by atoms with E-state index in [4.69, 9.17) is 10.5 Å². The zero-order valence-electron chi connectivity index (χ0n) is 13.1. The maximum atomic E-state index is 12.2. The van der Waals surface area contributed by atoms with Crippen LogP contribution < -0.4 is 15.8 Å². The van der Waals surface area contributed by atoms with Crippen molar-refractivity contribution in [2.75, 3.05) is 37.8 Å². The molecule has 1 aromatic carbocycles. The van der Waals surface area contributed by atoms with Gasteiger partial charge in [0.1, 0.15) is 5.75 Å². The minimum Gasteiger partial charge on any atom is -0.495 e. The number of likely N-dealkylation sites (tertiary alicyclic amines) is 1. The van der Waals surface area contributed by atoms with Gasteiger partial charge in [-0.25, -0.2) is 0 Å². The van der Waals surface area contributed by atoms with Crippen molar-refractivity contribution in [1.29, 1.82) is 0 Å². The number of hydrogen-bond donors (Lipinski definition) is 2. The lowest BCUT2D eigenvalue weighted by molar-refractivity contribution is -0.117. The molecule has 3 N–H and O–H groups in total. The van der Waals surface area contributed by atoms with E-state index in [-0.39, 0.29) is 5.91 Å². The highest BCUT2D eigenvalue weighted by molar-refractivity contribution is 5.94. The first kappa shape index (κ1) is 15.6. The number of nitrogens with two attached hydrogens (primary N) is 1. The summed E-state index contributed by atoms with van der Waals surface area (Å²) in [5.74, 6) is 1.97. The Hall–Kier alpha value is -1.75. The minimum absolute atomic E-state index is 0.0247. The molecule has 0 saturated carbocycles. The number of methoxy groups -OCH3 is 1. The zero-order chi connectivity index (χ0) is 15.4. The number of carbonyl (C=O) groups excluding carboxylic acids is 1. The lowest BCUT2D eigenvalue weighted by atomic mass is 9.95. The number of hydrogen-bond acceptors (Lipinski definition) is 4. The minimum atomic E-state index is -0.0247. The van der Waals surface area contributed by atoms with Gasteiger partial charge in [0, 0.05) is 12.2 Å². The van der Waals surface area contributed by atoms with Crippen LogP contribution in [-0.4, -0.2) is 37.6 Å². The summed E-state index contributed by atoms with van der Waals surface area (Å²) < 4.78 is 5.24. The van der Waals surface area contributed by atoms with Gasteiger partial charge in [-0.3, -0.25) is 9.69 Å². The number of ether oxygens (including phenoxy) is 1. The molecule has 21 heavy (non-hydrogen) atoms. The van der Waals surface area contributed by atoms with E-state index in [9.17, 15) is 4.79 Å². The summed E-state index contributed by atoms with van der Waals surface area (Å²) in [6.45, 7) is 6.89. The first-order chi connectivity index (χ1) is 9.99. The fraction of sp³-hybridized carbons (Fsp3) is 0.562. The summed E-state index contributed by atoms with van der Waals surface area (Å²) in [6, 6.07) is 5.23. The molecule has 0 spiro atoms. The van der Waals surface area contributed by atoms with Gasteiger partial charge >= 0.3 is 0 Å². The number of benzene rings is 1. The molecule has 1 amide bonds. The third-order valence-electron chi connectivity index (χ3n) is 4.12. The maximum absolute atomic E-state index is 12.2. The highest BCUT2D eigenvalue weighted by Gasteiger charge is 2.26. The van der Waals surface area contributed by atoms with Gasteiger partial charge in [0.2, 0.25) is 5.91 Å². The van der Waals surface area contributed by atoms with Crippen LogP contribution in [0.1, 0.15) is 20.3 Å². The Labute approximate surface area is 126 Å². The zero-order valence-corrected chi connectivity index (χ0v) is 13.1. The van der Waals surface area contributed by atoms with E-state index in [1.807, 2.05) is 0 Å². The van der Waals surface area contributed by atoms with Gasteiger partial charge in [-0.1, -0.05) is 13.8 Å². The predicted molar refractivity (Wildman–Crippen MR) is 85.4 cm³/mol. The molecule has 1 heterocycles. The van der Waals surface area contributed by atoms with Crippen LogP contribution >= 0.6 is 0 Å². The number of amides is 1. The van der Waals surface area contributed by atoms with Crippen LogP contribution in [0.3, 0.4) is 0 Å². The second-order valence-corrected chi connectivity index (χ2v) is 6.04. The second-order valence-electron chi connectivity index (χ2n) is 6.04. The summed E-state index contributed by atoms with van der Waals surface area (Å²) in [4.78, 5) is 14.4. The molecule has 1 unspecified atom stereocenters. The van der Waals surface area contributed by atoms with E-state index >= 15 is 0 Å². The van der Waals surface area contributed by atoms with Crippen molar-refractivity contribution in [3.05, 3.63) is 18.2 Å². The fourth-order valence-corrected chi connectivity index (χ4v) is 2.77. The summed E-state index contributed by atoms with van der Waals surface area (Å²) in [5.41, 5.74) is 6.99. The van der Waals surface area contributed by atoms with E-state index in [2.05, 4.69) is 24.1 Å². The van der Waals surface area contributed by atoms with Gasteiger partial charge in [-0.15, -0.1) is 0 Å². The molecule has 0 radical (unpaired) electrons. The van der Waals surface area contributed by atoms with Gasteiger partial charge in [0.25, 0.3) is 0 Å². The lowest BCUT2D eigenvalue weighted by Gasteiger charge is -2.18. The average Bonchev–Trinajstić information content (AvgIpc) is 2.87. The Kier molecular flexibility index (Phi) is 5.07. The monoisotopic (exact) mass is 291 g/mol. The molecule has 0 aromatic heterocycles. The van der Waals surface area contributed by atoms with Gasteiger partial charge in [-0.2, -0.15) is 0 Å². The molecule has 1 aliphatic rings. The number of nitrogens with one attached hydrogen (secondary N) is 1. The van der Waals surface area contributed by atoms with Crippen molar-refractivity contribution in [2.45, 2.75) is 20.3 Å². The lowest BCUT2D eigenvalue weighted by Crippen LogP contribution is -2.32. The Bertz CT molecular complexity index is 502.